The monoisotopic (exact) mass is 487 g/mol. The fourth-order valence-corrected chi connectivity index (χ4v) is 4.85. The SMILES string of the molecule is Cl.O=c1c2ccccc2nnn1CCCN1CCN(c2cc(F)ccc2OC2CCCC2)CC1. The van der Waals surface area contributed by atoms with Crippen molar-refractivity contribution in [2.75, 3.05) is 37.6 Å². The van der Waals surface area contributed by atoms with Crippen molar-refractivity contribution in [1.82, 2.24) is 19.9 Å². The van der Waals surface area contributed by atoms with Crippen molar-refractivity contribution in [2.24, 2.45) is 0 Å². The Hall–Kier alpha value is -2.71. The smallest absolute Gasteiger partial charge is 0.277 e. The number of piperazine rings is 1. The molecule has 2 fully saturated rings. The molecule has 2 heterocycles. The molecule has 1 saturated heterocycles. The van der Waals surface area contributed by atoms with Gasteiger partial charge in [-0.3, -0.25) is 9.69 Å². The van der Waals surface area contributed by atoms with Gasteiger partial charge in [-0.1, -0.05) is 17.3 Å². The van der Waals surface area contributed by atoms with Crippen molar-refractivity contribution >= 4 is 29.0 Å². The van der Waals surface area contributed by atoms with Gasteiger partial charge in [-0.25, -0.2) is 9.07 Å². The summed E-state index contributed by atoms with van der Waals surface area (Å²) in [6.07, 6.45) is 5.64. The Labute approximate surface area is 204 Å². The number of rotatable bonds is 7. The van der Waals surface area contributed by atoms with Gasteiger partial charge in [0, 0.05) is 45.3 Å². The normalized spacial score (nSPS) is 17.1. The number of nitrogens with zero attached hydrogens (tertiary/aromatic N) is 5. The van der Waals surface area contributed by atoms with Crippen molar-refractivity contribution in [3.63, 3.8) is 0 Å². The molecule has 1 aliphatic heterocycles. The van der Waals surface area contributed by atoms with Crippen LogP contribution in [0.3, 0.4) is 0 Å². The van der Waals surface area contributed by atoms with E-state index >= 15 is 0 Å². The predicted octanol–water partition coefficient (Wildman–Crippen LogP) is 3.89. The van der Waals surface area contributed by atoms with E-state index in [2.05, 4.69) is 20.1 Å². The van der Waals surface area contributed by atoms with Gasteiger partial charge in [0.15, 0.2) is 0 Å². The molecule has 3 aromatic rings. The topological polar surface area (TPSA) is 63.5 Å². The van der Waals surface area contributed by atoms with Crippen LogP contribution in [0.1, 0.15) is 32.1 Å². The average molecular weight is 488 g/mol. The Balaban J connectivity index is 0.00000274. The number of halogens is 2. The number of fused-ring (bicyclic) bond motifs is 1. The quantitative estimate of drug-likeness (QED) is 0.504. The second-order valence-corrected chi connectivity index (χ2v) is 8.95. The summed E-state index contributed by atoms with van der Waals surface area (Å²) < 4.78 is 21.7. The molecule has 0 spiro atoms. The number of aromatic nitrogens is 3. The minimum absolute atomic E-state index is 0. The van der Waals surface area contributed by atoms with Gasteiger partial charge in [0.05, 0.1) is 17.2 Å². The minimum Gasteiger partial charge on any atom is -0.488 e. The maximum absolute atomic E-state index is 14.0. The lowest BCUT2D eigenvalue weighted by Crippen LogP contribution is -2.47. The largest absolute Gasteiger partial charge is 0.488 e. The van der Waals surface area contributed by atoms with Crippen molar-refractivity contribution < 1.29 is 9.13 Å². The molecular formula is C25H31ClFN5O2. The standard InChI is InChI=1S/C25H30FN5O2.ClH/c26-19-10-11-24(33-20-6-1-2-7-20)23(18-19)30-16-14-29(15-17-30)12-5-13-31-25(32)21-8-3-4-9-22(21)27-28-31;/h3-4,8-11,18,20H,1-2,5-7,12-17H2;1H. The summed E-state index contributed by atoms with van der Waals surface area (Å²) in [6.45, 7) is 4.83. The number of hydrogen-bond donors (Lipinski definition) is 0. The average Bonchev–Trinajstić information content (AvgIpc) is 3.36. The summed E-state index contributed by atoms with van der Waals surface area (Å²) in [5.74, 6) is 0.569. The van der Waals surface area contributed by atoms with Gasteiger partial charge in [0.1, 0.15) is 17.1 Å². The van der Waals surface area contributed by atoms with Crippen molar-refractivity contribution in [3.05, 3.63) is 58.6 Å². The number of benzene rings is 2. The van der Waals surface area contributed by atoms with Crippen LogP contribution in [0.4, 0.5) is 10.1 Å². The van der Waals surface area contributed by atoms with Crippen LogP contribution in [0.5, 0.6) is 5.75 Å². The van der Waals surface area contributed by atoms with E-state index in [1.807, 2.05) is 12.1 Å². The van der Waals surface area contributed by atoms with Crippen molar-refractivity contribution in [1.29, 1.82) is 0 Å². The highest BCUT2D eigenvalue weighted by atomic mass is 35.5. The Kier molecular flexibility index (Phi) is 8.00. The van der Waals surface area contributed by atoms with E-state index in [-0.39, 0.29) is 29.9 Å². The van der Waals surface area contributed by atoms with Crippen LogP contribution in [-0.4, -0.2) is 58.7 Å². The zero-order chi connectivity index (χ0) is 22.6. The maximum atomic E-state index is 14.0. The molecule has 0 unspecified atom stereocenters. The van der Waals surface area contributed by atoms with Crippen LogP contribution in [0.15, 0.2) is 47.3 Å². The first kappa shape index (κ1) is 24.4. The molecule has 182 valence electrons. The first-order valence-corrected chi connectivity index (χ1v) is 11.9. The van der Waals surface area contributed by atoms with Crippen LogP contribution in [0.25, 0.3) is 10.9 Å². The molecule has 7 nitrogen and oxygen atoms in total. The summed E-state index contributed by atoms with van der Waals surface area (Å²) in [5, 5.41) is 8.84. The van der Waals surface area contributed by atoms with E-state index in [1.165, 1.54) is 23.6 Å². The third-order valence-corrected chi connectivity index (χ3v) is 6.70. The highest BCUT2D eigenvalue weighted by molar-refractivity contribution is 5.85. The molecule has 1 aliphatic carbocycles. The summed E-state index contributed by atoms with van der Waals surface area (Å²) in [6, 6.07) is 12.2. The molecule has 0 bridgehead atoms. The number of anilines is 1. The van der Waals surface area contributed by atoms with Gasteiger partial charge < -0.3 is 9.64 Å². The number of aryl methyl sites for hydroxylation is 1. The van der Waals surface area contributed by atoms with E-state index in [4.69, 9.17) is 4.74 Å². The lowest BCUT2D eigenvalue weighted by Gasteiger charge is -2.37. The van der Waals surface area contributed by atoms with Gasteiger partial charge >= 0.3 is 0 Å². The Bertz CT molecular complexity index is 1160. The summed E-state index contributed by atoms with van der Waals surface area (Å²) in [4.78, 5) is 17.2. The second kappa shape index (κ2) is 11.1. The van der Waals surface area contributed by atoms with Crippen molar-refractivity contribution in [3.8, 4) is 5.75 Å². The third-order valence-electron chi connectivity index (χ3n) is 6.70. The minimum atomic E-state index is -0.229. The first-order valence-electron chi connectivity index (χ1n) is 11.9. The van der Waals surface area contributed by atoms with Crippen LogP contribution >= 0.6 is 12.4 Å². The Morgan fingerprint density at radius 1 is 1.00 bits per heavy atom. The number of ether oxygens (including phenoxy) is 1. The zero-order valence-electron chi connectivity index (χ0n) is 19.2. The van der Waals surface area contributed by atoms with E-state index in [0.717, 1.165) is 63.4 Å². The van der Waals surface area contributed by atoms with Gasteiger partial charge in [-0.2, -0.15) is 0 Å². The van der Waals surface area contributed by atoms with Crippen LogP contribution in [0, 0.1) is 5.82 Å². The molecule has 1 saturated carbocycles. The molecule has 34 heavy (non-hydrogen) atoms. The zero-order valence-corrected chi connectivity index (χ0v) is 20.1. The first-order chi connectivity index (χ1) is 16.2. The van der Waals surface area contributed by atoms with Crippen molar-refractivity contribution in [2.45, 2.75) is 44.8 Å². The molecule has 5 rings (SSSR count). The Morgan fingerprint density at radius 2 is 1.76 bits per heavy atom. The molecule has 0 amide bonds. The fourth-order valence-electron chi connectivity index (χ4n) is 4.85. The summed E-state index contributed by atoms with van der Waals surface area (Å²) in [7, 11) is 0. The van der Waals surface area contributed by atoms with Gasteiger partial charge in [-0.05, 0) is 56.4 Å². The Morgan fingerprint density at radius 3 is 2.56 bits per heavy atom. The lowest BCUT2D eigenvalue weighted by atomic mass is 10.2. The van der Waals surface area contributed by atoms with Crippen LogP contribution < -0.4 is 15.2 Å². The molecular weight excluding hydrogens is 457 g/mol. The van der Waals surface area contributed by atoms with Gasteiger partial charge in [0.25, 0.3) is 5.56 Å². The van der Waals surface area contributed by atoms with E-state index in [0.29, 0.717) is 17.4 Å². The highest BCUT2D eigenvalue weighted by Gasteiger charge is 2.23. The molecule has 9 heteroatoms. The summed E-state index contributed by atoms with van der Waals surface area (Å²) in [5.41, 5.74) is 1.40. The van der Waals surface area contributed by atoms with E-state index < -0.39 is 0 Å². The van der Waals surface area contributed by atoms with E-state index in [1.54, 1.807) is 24.3 Å². The molecule has 2 aromatic carbocycles. The molecule has 2 aliphatic rings. The molecule has 1 aromatic heterocycles. The highest BCUT2D eigenvalue weighted by Crippen LogP contribution is 2.33. The second-order valence-electron chi connectivity index (χ2n) is 8.95. The summed E-state index contributed by atoms with van der Waals surface area (Å²) >= 11 is 0. The van der Waals surface area contributed by atoms with Gasteiger partial charge in [0.2, 0.25) is 0 Å². The fraction of sp³-hybridized carbons (Fsp3) is 0.480. The third kappa shape index (κ3) is 5.50. The van der Waals surface area contributed by atoms with E-state index in [9.17, 15) is 9.18 Å². The number of hydrogen-bond acceptors (Lipinski definition) is 6. The van der Waals surface area contributed by atoms with Crippen LogP contribution in [0.2, 0.25) is 0 Å². The predicted molar refractivity (Wildman–Crippen MR) is 134 cm³/mol. The molecule has 0 atom stereocenters. The molecule has 0 radical (unpaired) electrons. The van der Waals surface area contributed by atoms with Crippen LogP contribution in [-0.2, 0) is 6.54 Å². The van der Waals surface area contributed by atoms with Gasteiger partial charge in [-0.15, -0.1) is 17.5 Å². The molecule has 0 N–H and O–H groups in total. The maximum Gasteiger partial charge on any atom is 0.277 e. The lowest BCUT2D eigenvalue weighted by molar-refractivity contribution is 0.208.